The van der Waals surface area contributed by atoms with Crippen LogP contribution in [-0.2, 0) is 4.74 Å². The van der Waals surface area contributed by atoms with Gasteiger partial charge < -0.3 is 14.8 Å². The maximum Gasteiger partial charge on any atom is 0.119 e. The number of ether oxygens (including phenoxy) is 2. The van der Waals surface area contributed by atoms with Crippen LogP contribution in [0.1, 0.15) is 13.3 Å². The smallest absolute Gasteiger partial charge is 0.119 e. The van der Waals surface area contributed by atoms with Gasteiger partial charge in [0.1, 0.15) is 11.2 Å². The van der Waals surface area contributed by atoms with E-state index < -0.39 is 0 Å². The van der Waals surface area contributed by atoms with E-state index in [-0.39, 0.29) is 6.10 Å². The van der Waals surface area contributed by atoms with E-state index in [1.54, 1.807) is 7.11 Å². The summed E-state index contributed by atoms with van der Waals surface area (Å²) in [5, 5.41) is 4.20. The predicted octanol–water partition coefficient (Wildman–Crippen LogP) is 3.46. The van der Waals surface area contributed by atoms with Crippen LogP contribution in [0.15, 0.2) is 24.3 Å². The third-order valence-electron chi connectivity index (χ3n) is 3.78. The third kappa shape index (κ3) is 3.05. The quantitative estimate of drug-likeness (QED) is 0.924. The van der Waals surface area contributed by atoms with Gasteiger partial charge in [-0.1, -0.05) is 0 Å². The number of hydrogen-bond acceptors (Lipinski definition) is 5. The molecule has 2 aliphatic rings. The second-order valence-corrected chi connectivity index (χ2v) is 7.66. The minimum atomic E-state index is 0.255. The van der Waals surface area contributed by atoms with Gasteiger partial charge in [0.25, 0.3) is 0 Å². The summed E-state index contributed by atoms with van der Waals surface area (Å²) in [5.74, 6) is 3.35. The average Bonchev–Trinajstić information content (AvgIpc) is 2.65. The standard InChI is InChI=1S/C15H21NO2S2/c1-10-13(14-15(18-10)20-9-3-8-19-14)16-11-4-6-12(17-2)7-5-11/h4-7,10,13-16H,3,8-9H2,1-2H3/t10-,13-,14+,15-/m1/s1. The summed E-state index contributed by atoms with van der Waals surface area (Å²) < 4.78 is 11.3. The number of anilines is 1. The zero-order valence-corrected chi connectivity index (χ0v) is 13.5. The number of rotatable bonds is 3. The first-order valence-corrected chi connectivity index (χ1v) is 9.17. The molecule has 0 bridgehead atoms. The zero-order valence-electron chi connectivity index (χ0n) is 11.9. The van der Waals surface area contributed by atoms with Crippen LogP contribution in [0, 0.1) is 0 Å². The Kier molecular flexibility index (Phi) is 4.68. The minimum Gasteiger partial charge on any atom is -0.497 e. The molecule has 1 aromatic carbocycles. The van der Waals surface area contributed by atoms with Gasteiger partial charge in [-0.15, -0.1) is 11.8 Å². The molecule has 2 saturated heterocycles. The second kappa shape index (κ2) is 6.50. The highest BCUT2D eigenvalue weighted by Gasteiger charge is 2.43. The molecule has 0 aromatic heterocycles. The Morgan fingerprint density at radius 1 is 1.20 bits per heavy atom. The Hall–Kier alpha value is -0.520. The summed E-state index contributed by atoms with van der Waals surface area (Å²) in [5.41, 5.74) is 1.48. The van der Waals surface area contributed by atoms with E-state index >= 15 is 0 Å². The number of thioether (sulfide) groups is 2. The van der Waals surface area contributed by atoms with E-state index in [2.05, 4.69) is 36.1 Å². The van der Waals surface area contributed by atoms with Gasteiger partial charge in [-0.25, -0.2) is 0 Å². The third-order valence-corrected chi connectivity index (χ3v) is 6.66. The molecule has 20 heavy (non-hydrogen) atoms. The number of methoxy groups -OCH3 is 1. The van der Waals surface area contributed by atoms with Crippen molar-refractivity contribution in [3.63, 3.8) is 0 Å². The molecule has 0 unspecified atom stereocenters. The van der Waals surface area contributed by atoms with E-state index in [0.717, 1.165) is 11.4 Å². The number of hydrogen-bond donors (Lipinski definition) is 1. The van der Waals surface area contributed by atoms with Crippen molar-refractivity contribution in [1.29, 1.82) is 0 Å². The van der Waals surface area contributed by atoms with Gasteiger partial charge in [0.2, 0.25) is 0 Å². The molecule has 3 rings (SSSR count). The lowest BCUT2D eigenvalue weighted by molar-refractivity contribution is 0.103. The zero-order chi connectivity index (χ0) is 13.9. The highest BCUT2D eigenvalue weighted by Crippen LogP contribution is 2.41. The maximum absolute atomic E-state index is 6.13. The van der Waals surface area contributed by atoms with Crippen molar-refractivity contribution in [1.82, 2.24) is 0 Å². The first kappa shape index (κ1) is 14.4. The van der Waals surface area contributed by atoms with E-state index in [9.17, 15) is 0 Å². The highest BCUT2D eigenvalue weighted by atomic mass is 32.2. The van der Waals surface area contributed by atoms with Gasteiger partial charge in [0.05, 0.1) is 24.5 Å². The van der Waals surface area contributed by atoms with E-state index in [0.29, 0.717) is 16.7 Å². The maximum atomic E-state index is 6.13. The molecule has 0 radical (unpaired) electrons. The molecule has 0 saturated carbocycles. The summed E-state index contributed by atoms with van der Waals surface area (Å²) >= 11 is 4.04. The fraction of sp³-hybridized carbons (Fsp3) is 0.600. The molecular formula is C15H21NO2S2. The number of fused-ring (bicyclic) bond motifs is 1. The van der Waals surface area contributed by atoms with Crippen LogP contribution in [0.5, 0.6) is 5.75 Å². The molecule has 110 valence electrons. The van der Waals surface area contributed by atoms with Crippen LogP contribution >= 0.6 is 23.5 Å². The molecule has 4 atom stereocenters. The van der Waals surface area contributed by atoms with Crippen molar-refractivity contribution >= 4 is 29.2 Å². The van der Waals surface area contributed by atoms with E-state index in [4.69, 9.17) is 9.47 Å². The molecule has 2 fully saturated rings. The number of benzene rings is 1. The molecule has 2 heterocycles. The molecule has 2 aliphatic heterocycles. The lowest BCUT2D eigenvalue weighted by Crippen LogP contribution is -2.35. The van der Waals surface area contributed by atoms with Gasteiger partial charge in [0, 0.05) is 5.69 Å². The Labute approximate surface area is 129 Å². The minimum absolute atomic E-state index is 0.255. The molecule has 3 nitrogen and oxygen atoms in total. The fourth-order valence-corrected chi connectivity index (χ4v) is 5.79. The molecule has 0 amide bonds. The highest BCUT2D eigenvalue weighted by molar-refractivity contribution is 8.04. The summed E-state index contributed by atoms with van der Waals surface area (Å²) in [6.45, 7) is 2.18. The van der Waals surface area contributed by atoms with Gasteiger partial charge in [-0.3, -0.25) is 0 Å². The average molecular weight is 311 g/mol. The number of nitrogens with one attached hydrogen (secondary N) is 1. The SMILES string of the molecule is COc1ccc(N[C@H]2[C@@H]3SCCCS[C@H]3O[C@@H]2C)cc1. The van der Waals surface area contributed by atoms with Crippen LogP contribution in [0.2, 0.25) is 0 Å². The molecule has 1 N–H and O–H groups in total. The lowest BCUT2D eigenvalue weighted by Gasteiger charge is -2.23. The molecule has 0 spiro atoms. The van der Waals surface area contributed by atoms with Gasteiger partial charge in [-0.2, -0.15) is 11.8 Å². The topological polar surface area (TPSA) is 30.5 Å². The molecule has 5 heteroatoms. The Balaban J connectivity index is 1.71. The second-order valence-electron chi connectivity index (χ2n) is 5.17. The van der Waals surface area contributed by atoms with Gasteiger partial charge in [0.15, 0.2) is 0 Å². The van der Waals surface area contributed by atoms with Crippen molar-refractivity contribution in [2.24, 2.45) is 0 Å². The monoisotopic (exact) mass is 311 g/mol. The summed E-state index contributed by atoms with van der Waals surface area (Å²) in [7, 11) is 1.69. The fourth-order valence-electron chi connectivity index (χ4n) is 2.68. The van der Waals surface area contributed by atoms with Crippen LogP contribution in [0.3, 0.4) is 0 Å². The lowest BCUT2D eigenvalue weighted by atomic mass is 10.1. The predicted molar refractivity (Wildman–Crippen MR) is 88.1 cm³/mol. The van der Waals surface area contributed by atoms with E-state index in [1.807, 2.05) is 23.9 Å². The Bertz CT molecular complexity index is 440. The van der Waals surface area contributed by atoms with Crippen LogP contribution in [0.4, 0.5) is 5.69 Å². The molecular weight excluding hydrogens is 290 g/mol. The van der Waals surface area contributed by atoms with Crippen molar-refractivity contribution in [2.75, 3.05) is 23.9 Å². The first-order chi connectivity index (χ1) is 9.78. The van der Waals surface area contributed by atoms with Crippen molar-refractivity contribution < 1.29 is 9.47 Å². The summed E-state index contributed by atoms with van der Waals surface area (Å²) in [4.78, 5) is 0. The molecule has 0 aliphatic carbocycles. The normalized spacial score (nSPS) is 33.3. The van der Waals surface area contributed by atoms with E-state index in [1.165, 1.54) is 17.9 Å². The van der Waals surface area contributed by atoms with Gasteiger partial charge >= 0.3 is 0 Å². The molecule has 1 aromatic rings. The first-order valence-electron chi connectivity index (χ1n) is 7.07. The van der Waals surface area contributed by atoms with Crippen LogP contribution in [-0.4, -0.2) is 41.4 Å². The van der Waals surface area contributed by atoms with Crippen molar-refractivity contribution in [3.05, 3.63) is 24.3 Å². The van der Waals surface area contributed by atoms with Crippen molar-refractivity contribution in [3.8, 4) is 5.75 Å². The van der Waals surface area contributed by atoms with Crippen molar-refractivity contribution in [2.45, 2.75) is 36.2 Å². The summed E-state index contributed by atoms with van der Waals surface area (Å²) in [6, 6.07) is 8.52. The van der Waals surface area contributed by atoms with Crippen LogP contribution in [0.25, 0.3) is 0 Å². The Morgan fingerprint density at radius 3 is 2.70 bits per heavy atom. The largest absolute Gasteiger partial charge is 0.497 e. The van der Waals surface area contributed by atoms with Gasteiger partial charge in [-0.05, 0) is 49.1 Å². The Morgan fingerprint density at radius 2 is 1.95 bits per heavy atom. The van der Waals surface area contributed by atoms with Crippen LogP contribution < -0.4 is 10.1 Å². The summed E-state index contributed by atoms with van der Waals surface area (Å²) in [6.07, 6.45) is 1.54.